The minimum absolute atomic E-state index is 0.111. The number of carbonyl (C=O) groups is 2. The predicted molar refractivity (Wildman–Crippen MR) is 99.3 cm³/mol. The molecule has 2 aromatic carbocycles. The topological polar surface area (TPSA) is 63.6 Å². The summed E-state index contributed by atoms with van der Waals surface area (Å²) < 4.78 is 5.10. The van der Waals surface area contributed by atoms with Gasteiger partial charge in [0.2, 0.25) is 0 Å². The lowest BCUT2D eigenvalue weighted by atomic mass is 10.0. The molecule has 2 aromatic rings. The van der Waals surface area contributed by atoms with Gasteiger partial charge in [0, 0.05) is 17.2 Å². The van der Waals surface area contributed by atoms with Crippen molar-refractivity contribution in [3.05, 3.63) is 82.9 Å². The van der Waals surface area contributed by atoms with E-state index in [4.69, 9.17) is 27.9 Å². The molecule has 0 saturated carbocycles. The summed E-state index contributed by atoms with van der Waals surface area (Å²) in [5.74, 6) is -0.969. The molecule has 0 bridgehead atoms. The summed E-state index contributed by atoms with van der Waals surface area (Å²) >= 11 is 9.69. The molecule has 130 valence electrons. The second-order valence-corrected chi connectivity index (χ2v) is 5.99. The number of hydrogen-bond donors (Lipinski definition) is 1. The second kappa shape index (κ2) is 9.67. The van der Waals surface area contributed by atoms with E-state index in [1.54, 1.807) is 30.3 Å². The molecule has 0 aliphatic heterocycles. The summed E-state index contributed by atoms with van der Waals surface area (Å²) in [5.41, 5.74) is 0.870. The van der Waals surface area contributed by atoms with Gasteiger partial charge in [0.15, 0.2) is 5.78 Å². The number of ketones is 1. The molecule has 1 N–H and O–H groups in total. The maximum atomic E-state index is 12.2. The van der Waals surface area contributed by atoms with Crippen LogP contribution in [0.25, 0.3) is 0 Å². The molecule has 0 saturated heterocycles. The number of carbonyl (C=O) groups excluding carboxylic acids is 2. The number of ether oxygens (including phenoxy) is 1. The van der Waals surface area contributed by atoms with Gasteiger partial charge in [-0.15, -0.1) is 0 Å². The number of esters is 1. The molecule has 0 fully saturated rings. The minimum Gasteiger partial charge on any atom is -0.507 e. The highest BCUT2D eigenvalue weighted by Crippen LogP contribution is 2.26. The molecule has 2 rings (SSSR count). The van der Waals surface area contributed by atoms with Gasteiger partial charge in [-0.2, -0.15) is 0 Å². The van der Waals surface area contributed by atoms with Crippen LogP contribution in [0.15, 0.2) is 71.8 Å². The van der Waals surface area contributed by atoms with Crippen LogP contribution in [0, 0.1) is 0 Å². The van der Waals surface area contributed by atoms with Gasteiger partial charge in [0.25, 0.3) is 0 Å². The van der Waals surface area contributed by atoms with E-state index >= 15 is 0 Å². The molecular formula is C19H16Cl2O4. The first-order chi connectivity index (χ1) is 11.7. The van der Waals surface area contributed by atoms with Crippen molar-refractivity contribution in [1.82, 2.24) is 0 Å². The van der Waals surface area contributed by atoms with Crippen molar-refractivity contribution < 1.29 is 19.4 Å². The highest BCUT2D eigenvalue weighted by atomic mass is 35.5. The van der Waals surface area contributed by atoms with Crippen molar-refractivity contribution in [2.75, 3.05) is 0 Å². The second-order valence-electron chi connectivity index (χ2n) is 4.88. The fourth-order valence-corrected chi connectivity index (χ4v) is 1.71. The number of aromatic hydroxyl groups is 1. The summed E-state index contributed by atoms with van der Waals surface area (Å²) in [6, 6.07) is 12.7. The summed E-state index contributed by atoms with van der Waals surface area (Å²) in [6.45, 7) is 8.08. The highest BCUT2D eigenvalue weighted by Gasteiger charge is 2.15. The van der Waals surface area contributed by atoms with Gasteiger partial charge >= 0.3 is 5.97 Å². The van der Waals surface area contributed by atoms with Crippen molar-refractivity contribution in [1.29, 1.82) is 0 Å². The van der Waals surface area contributed by atoms with E-state index in [-0.39, 0.29) is 32.9 Å². The number of halogens is 2. The molecule has 0 spiro atoms. The van der Waals surface area contributed by atoms with Crippen molar-refractivity contribution >= 4 is 35.0 Å². The van der Waals surface area contributed by atoms with Crippen molar-refractivity contribution in [3.63, 3.8) is 0 Å². The van der Waals surface area contributed by atoms with Crippen LogP contribution >= 0.6 is 23.2 Å². The van der Waals surface area contributed by atoms with E-state index in [9.17, 15) is 14.7 Å². The number of phenols is 1. The summed E-state index contributed by atoms with van der Waals surface area (Å²) in [4.78, 5) is 23.6. The van der Waals surface area contributed by atoms with Crippen molar-refractivity contribution in [2.24, 2.45) is 0 Å². The van der Waals surface area contributed by atoms with Crippen LogP contribution in [0.3, 0.4) is 0 Å². The van der Waals surface area contributed by atoms with Crippen LogP contribution in [0.2, 0.25) is 0 Å². The van der Waals surface area contributed by atoms with E-state index in [1.165, 1.54) is 25.1 Å². The smallest absolute Gasteiger partial charge is 0.338 e. The lowest BCUT2D eigenvalue weighted by Gasteiger charge is -2.07. The number of rotatable bonds is 4. The zero-order valence-corrected chi connectivity index (χ0v) is 15.0. The third kappa shape index (κ3) is 6.83. The first-order valence-corrected chi connectivity index (χ1v) is 7.78. The predicted octanol–water partition coefficient (Wildman–Crippen LogP) is 5.04. The van der Waals surface area contributed by atoms with Gasteiger partial charge in [-0.05, 0) is 19.1 Å². The molecule has 0 unspecified atom stereocenters. The first kappa shape index (κ1) is 20.5. The minimum atomic E-state index is -0.587. The standard InChI is InChI=1S/C17H14O4.C2H2Cl2/c1-11(2)17(20)21-13-8-9-14(15(18)10-13)16(19)12-6-4-3-5-7-12;1-2(3)4/h3-10,18H,1H2,2H3;1H2. The van der Waals surface area contributed by atoms with Crippen LogP contribution in [0.1, 0.15) is 22.8 Å². The number of hydrogen-bond acceptors (Lipinski definition) is 4. The lowest BCUT2D eigenvalue weighted by Crippen LogP contribution is -2.08. The van der Waals surface area contributed by atoms with Gasteiger partial charge in [-0.3, -0.25) is 4.79 Å². The normalized spacial score (nSPS) is 9.40. The van der Waals surface area contributed by atoms with E-state index in [0.29, 0.717) is 5.56 Å². The van der Waals surface area contributed by atoms with Crippen molar-refractivity contribution in [2.45, 2.75) is 6.92 Å². The summed E-state index contributed by atoms with van der Waals surface area (Å²) in [7, 11) is 0. The molecule has 0 atom stereocenters. The Bertz CT molecular complexity index is 794. The fourth-order valence-electron chi connectivity index (χ4n) is 1.71. The molecule has 0 aliphatic carbocycles. The molecule has 0 radical (unpaired) electrons. The SMILES string of the molecule is C=C(C)C(=O)Oc1ccc(C(=O)c2ccccc2)c(O)c1.C=C(Cl)Cl. The fraction of sp³-hybridized carbons (Fsp3) is 0.0526. The van der Waals surface area contributed by atoms with E-state index < -0.39 is 5.97 Å². The van der Waals surface area contributed by atoms with Crippen LogP contribution in [-0.2, 0) is 4.79 Å². The maximum absolute atomic E-state index is 12.2. The van der Waals surface area contributed by atoms with Crippen molar-refractivity contribution in [3.8, 4) is 11.5 Å². The van der Waals surface area contributed by atoms with Crippen LogP contribution in [0.4, 0.5) is 0 Å². The third-order valence-electron chi connectivity index (χ3n) is 2.81. The zero-order chi connectivity index (χ0) is 19.0. The van der Waals surface area contributed by atoms with E-state index in [1.807, 2.05) is 0 Å². The monoisotopic (exact) mass is 378 g/mol. The Kier molecular flexibility index (Phi) is 7.92. The van der Waals surface area contributed by atoms with E-state index in [0.717, 1.165) is 0 Å². The average Bonchev–Trinajstić information content (AvgIpc) is 2.54. The number of phenolic OH excluding ortho intramolecular Hbond substituents is 1. The Morgan fingerprint density at radius 2 is 1.60 bits per heavy atom. The quantitative estimate of drug-likeness (QED) is 0.350. The van der Waals surface area contributed by atoms with Crippen LogP contribution < -0.4 is 4.74 Å². The maximum Gasteiger partial charge on any atom is 0.338 e. The zero-order valence-electron chi connectivity index (χ0n) is 13.5. The van der Waals surface area contributed by atoms with Gasteiger partial charge in [-0.1, -0.05) is 66.7 Å². The first-order valence-electron chi connectivity index (χ1n) is 7.02. The average molecular weight is 379 g/mol. The Balaban J connectivity index is 0.000000705. The molecule has 6 heteroatoms. The Labute approximate surface area is 156 Å². The Morgan fingerprint density at radius 1 is 1.04 bits per heavy atom. The number of benzene rings is 2. The van der Waals surface area contributed by atoms with Gasteiger partial charge in [-0.25, -0.2) is 4.79 Å². The van der Waals surface area contributed by atoms with Crippen LogP contribution in [0.5, 0.6) is 11.5 Å². The Morgan fingerprint density at radius 3 is 2.08 bits per heavy atom. The summed E-state index contributed by atoms with van der Waals surface area (Å²) in [6.07, 6.45) is 0. The largest absolute Gasteiger partial charge is 0.507 e. The molecule has 0 heterocycles. The van der Waals surface area contributed by atoms with Gasteiger partial charge in [0.1, 0.15) is 11.5 Å². The molecule has 0 aliphatic rings. The molecule has 25 heavy (non-hydrogen) atoms. The highest BCUT2D eigenvalue weighted by molar-refractivity contribution is 6.55. The molecule has 0 amide bonds. The van der Waals surface area contributed by atoms with Gasteiger partial charge in [0.05, 0.1) is 10.1 Å². The summed E-state index contributed by atoms with van der Waals surface area (Å²) in [5, 5.41) is 9.94. The third-order valence-corrected chi connectivity index (χ3v) is 2.81. The van der Waals surface area contributed by atoms with Gasteiger partial charge < -0.3 is 9.84 Å². The molecule has 4 nitrogen and oxygen atoms in total. The van der Waals surface area contributed by atoms with E-state index in [2.05, 4.69) is 13.2 Å². The Hall–Kier alpha value is -2.56. The van der Waals surface area contributed by atoms with Crippen LogP contribution in [-0.4, -0.2) is 16.9 Å². The molecular weight excluding hydrogens is 363 g/mol. The molecule has 0 aromatic heterocycles. The lowest BCUT2D eigenvalue weighted by molar-refractivity contribution is -0.130.